The fourth-order valence-corrected chi connectivity index (χ4v) is 3.14. The minimum absolute atomic E-state index is 0.0316. The molecule has 0 unspecified atom stereocenters. The van der Waals surface area contributed by atoms with Gasteiger partial charge in [0.05, 0.1) is 29.2 Å². The van der Waals surface area contributed by atoms with Crippen LogP contribution in [0.1, 0.15) is 16.7 Å². The molecule has 1 N–H and O–H groups in total. The van der Waals surface area contributed by atoms with Gasteiger partial charge in [-0.05, 0) is 30.3 Å². The van der Waals surface area contributed by atoms with Crippen molar-refractivity contribution in [1.29, 1.82) is 0 Å². The molecule has 0 fully saturated rings. The van der Waals surface area contributed by atoms with Crippen molar-refractivity contribution in [2.75, 3.05) is 0 Å². The summed E-state index contributed by atoms with van der Waals surface area (Å²) in [6.45, 7) is 0. The summed E-state index contributed by atoms with van der Waals surface area (Å²) >= 11 is 0. The van der Waals surface area contributed by atoms with Gasteiger partial charge in [0.25, 0.3) is 0 Å². The summed E-state index contributed by atoms with van der Waals surface area (Å²) in [6, 6.07) is 9.22. The van der Waals surface area contributed by atoms with Gasteiger partial charge < -0.3 is 9.52 Å². The molecule has 4 aromatic rings. The predicted molar refractivity (Wildman–Crippen MR) is 111 cm³/mol. The lowest BCUT2D eigenvalue weighted by Gasteiger charge is -2.07. The molecule has 35 heavy (non-hydrogen) atoms. The SMILES string of the molecule is O=C(O)C(=Cn1nc(-c2ccc(C(F)(F)F)cc2)nc1-c1ccc(C(F)(F)F)cc1)c1ccoc1. The lowest BCUT2D eigenvalue weighted by molar-refractivity contribution is -0.138. The van der Waals surface area contributed by atoms with E-state index in [-0.39, 0.29) is 33.9 Å². The fourth-order valence-electron chi connectivity index (χ4n) is 3.14. The first-order chi connectivity index (χ1) is 16.4. The van der Waals surface area contributed by atoms with Crippen LogP contribution in [0.4, 0.5) is 26.3 Å². The van der Waals surface area contributed by atoms with Crippen molar-refractivity contribution in [2.24, 2.45) is 0 Å². The molecule has 12 heteroatoms. The number of rotatable bonds is 5. The van der Waals surface area contributed by atoms with Gasteiger partial charge in [0.2, 0.25) is 0 Å². The van der Waals surface area contributed by atoms with Gasteiger partial charge in [-0.25, -0.2) is 14.5 Å². The number of aromatic nitrogens is 3. The molecule has 0 aliphatic carbocycles. The molecule has 2 heterocycles. The molecule has 0 aliphatic rings. The van der Waals surface area contributed by atoms with Gasteiger partial charge in [0, 0.05) is 22.9 Å². The molecule has 0 atom stereocenters. The van der Waals surface area contributed by atoms with Gasteiger partial charge >= 0.3 is 18.3 Å². The highest BCUT2D eigenvalue weighted by molar-refractivity contribution is 6.19. The summed E-state index contributed by atoms with van der Waals surface area (Å²) in [5, 5.41) is 13.8. The Morgan fingerprint density at radius 3 is 1.86 bits per heavy atom. The first-order valence-corrected chi connectivity index (χ1v) is 9.73. The Morgan fingerprint density at radius 1 is 0.857 bits per heavy atom. The van der Waals surface area contributed by atoms with Crippen molar-refractivity contribution in [3.63, 3.8) is 0 Å². The fraction of sp³-hybridized carbons (Fsp3) is 0.0870. The summed E-state index contributed by atoms with van der Waals surface area (Å²) in [4.78, 5) is 16.1. The molecule has 0 saturated heterocycles. The highest BCUT2D eigenvalue weighted by Crippen LogP contribution is 2.33. The largest absolute Gasteiger partial charge is 0.478 e. The predicted octanol–water partition coefficient (Wildman–Crippen LogP) is 6.33. The first-order valence-electron chi connectivity index (χ1n) is 9.73. The smallest absolute Gasteiger partial charge is 0.416 e. The zero-order valence-electron chi connectivity index (χ0n) is 17.3. The second-order valence-corrected chi connectivity index (χ2v) is 7.21. The van der Waals surface area contributed by atoms with Gasteiger partial charge in [-0.1, -0.05) is 24.3 Å². The van der Waals surface area contributed by atoms with Gasteiger partial charge in [-0.2, -0.15) is 26.3 Å². The van der Waals surface area contributed by atoms with Gasteiger partial charge in [0.1, 0.15) is 0 Å². The van der Waals surface area contributed by atoms with E-state index >= 15 is 0 Å². The third-order valence-electron chi connectivity index (χ3n) is 4.89. The topological polar surface area (TPSA) is 81.1 Å². The number of benzene rings is 2. The lowest BCUT2D eigenvalue weighted by atomic mass is 10.1. The number of carboxylic acid groups (broad SMARTS) is 1. The van der Waals surface area contributed by atoms with E-state index in [1.165, 1.54) is 18.6 Å². The maximum absolute atomic E-state index is 13.0. The quantitative estimate of drug-likeness (QED) is 0.260. The van der Waals surface area contributed by atoms with E-state index in [0.717, 1.165) is 59.4 Å². The van der Waals surface area contributed by atoms with Crippen LogP contribution in [0.2, 0.25) is 0 Å². The molecule has 0 radical (unpaired) electrons. The van der Waals surface area contributed by atoms with E-state index in [1.807, 2.05) is 0 Å². The number of aliphatic carboxylic acids is 1. The molecule has 0 saturated carbocycles. The van der Waals surface area contributed by atoms with Crippen molar-refractivity contribution in [1.82, 2.24) is 14.8 Å². The van der Waals surface area contributed by atoms with Crippen LogP contribution in [0.5, 0.6) is 0 Å². The zero-order valence-corrected chi connectivity index (χ0v) is 17.3. The minimum Gasteiger partial charge on any atom is -0.478 e. The van der Waals surface area contributed by atoms with E-state index in [4.69, 9.17) is 4.42 Å². The number of carbonyl (C=O) groups is 1. The molecule has 0 bridgehead atoms. The summed E-state index contributed by atoms with van der Waals surface area (Å²) in [6.07, 6.45) is -5.63. The number of hydrogen-bond donors (Lipinski definition) is 1. The molecule has 180 valence electrons. The Hall–Kier alpha value is -4.35. The standard InChI is InChI=1S/C23H13F6N3O3/c24-22(25,26)16-5-1-13(2-6-16)19-30-20(14-3-7-17(8-4-14)23(27,28)29)32(31-19)11-18(21(33)34)15-9-10-35-12-15/h1-12H,(H,33,34). The van der Waals surface area contributed by atoms with Crippen LogP contribution in [0.25, 0.3) is 34.5 Å². The lowest BCUT2D eigenvalue weighted by Crippen LogP contribution is -2.05. The number of halogens is 6. The second-order valence-electron chi connectivity index (χ2n) is 7.21. The Labute approximate surface area is 192 Å². The van der Waals surface area contributed by atoms with E-state index in [0.29, 0.717) is 0 Å². The molecule has 0 aliphatic heterocycles. The average Bonchev–Trinajstić information content (AvgIpc) is 3.46. The molecule has 0 spiro atoms. The molecular formula is C23H13F6N3O3. The van der Waals surface area contributed by atoms with Crippen molar-refractivity contribution in [3.8, 4) is 22.8 Å². The van der Waals surface area contributed by atoms with E-state index in [9.17, 15) is 36.2 Å². The van der Waals surface area contributed by atoms with Crippen molar-refractivity contribution in [3.05, 3.63) is 83.8 Å². The molecule has 6 nitrogen and oxygen atoms in total. The van der Waals surface area contributed by atoms with Crippen molar-refractivity contribution >= 4 is 17.7 Å². The van der Waals surface area contributed by atoms with Crippen LogP contribution in [0.15, 0.2) is 71.5 Å². The molecule has 2 aromatic carbocycles. The van der Waals surface area contributed by atoms with E-state index in [1.54, 1.807) is 0 Å². The van der Waals surface area contributed by atoms with E-state index in [2.05, 4.69) is 10.1 Å². The van der Waals surface area contributed by atoms with E-state index < -0.39 is 29.4 Å². The molecule has 0 amide bonds. The van der Waals surface area contributed by atoms with Crippen molar-refractivity contribution < 1.29 is 40.7 Å². The summed E-state index contributed by atoms with van der Waals surface area (Å²) in [5.41, 5.74) is -1.54. The van der Waals surface area contributed by atoms with Crippen LogP contribution in [0, 0.1) is 0 Å². The Bertz CT molecular complexity index is 1370. The van der Waals surface area contributed by atoms with Crippen LogP contribution < -0.4 is 0 Å². The number of hydrogen-bond acceptors (Lipinski definition) is 4. The van der Waals surface area contributed by atoms with Crippen LogP contribution >= 0.6 is 0 Å². The highest BCUT2D eigenvalue weighted by atomic mass is 19.4. The van der Waals surface area contributed by atoms with Crippen molar-refractivity contribution in [2.45, 2.75) is 12.4 Å². The normalized spacial score (nSPS) is 12.7. The van der Waals surface area contributed by atoms with Gasteiger partial charge in [0.15, 0.2) is 11.6 Å². The number of nitrogens with zero attached hydrogens (tertiary/aromatic N) is 3. The number of alkyl halides is 6. The molecule has 2 aromatic heterocycles. The van der Waals surface area contributed by atoms with Crippen LogP contribution in [-0.4, -0.2) is 25.8 Å². The zero-order chi connectivity index (χ0) is 25.4. The number of furan rings is 1. The van der Waals surface area contributed by atoms with Crippen LogP contribution in [-0.2, 0) is 17.1 Å². The minimum atomic E-state index is -4.57. The second kappa shape index (κ2) is 8.78. The first kappa shape index (κ1) is 23.8. The van der Waals surface area contributed by atoms with Gasteiger partial charge in [-0.15, -0.1) is 5.10 Å². The Kier molecular flexibility index (Phi) is 5.97. The maximum atomic E-state index is 13.0. The highest BCUT2D eigenvalue weighted by Gasteiger charge is 2.31. The number of carboxylic acids is 1. The Morgan fingerprint density at radius 2 is 1.40 bits per heavy atom. The summed E-state index contributed by atoms with van der Waals surface area (Å²) in [5.74, 6) is -1.45. The third-order valence-corrected chi connectivity index (χ3v) is 4.89. The Balaban J connectivity index is 1.85. The molecular weight excluding hydrogens is 480 g/mol. The average molecular weight is 493 g/mol. The third kappa shape index (κ3) is 5.10. The summed E-state index contributed by atoms with van der Waals surface area (Å²) in [7, 11) is 0. The maximum Gasteiger partial charge on any atom is 0.416 e. The summed E-state index contributed by atoms with van der Waals surface area (Å²) < 4.78 is 83.5. The van der Waals surface area contributed by atoms with Gasteiger partial charge in [-0.3, -0.25) is 0 Å². The monoisotopic (exact) mass is 493 g/mol. The molecule has 4 rings (SSSR count). The van der Waals surface area contributed by atoms with Crippen LogP contribution in [0.3, 0.4) is 0 Å².